The number of aromatic nitrogens is 1. The van der Waals surface area contributed by atoms with Crippen LogP contribution >= 0.6 is 23.8 Å². The largest absolute Gasteiger partial charge is 0.506 e. The zero-order valence-corrected chi connectivity index (χ0v) is 19.0. The minimum absolute atomic E-state index is 0.00121. The van der Waals surface area contributed by atoms with Gasteiger partial charge in [-0.15, -0.1) is 0 Å². The van der Waals surface area contributed by atoms with Crippen LogP contribution in [0.3, 0.4) is 0 Å². The van der Waals surface area contributed by atoms with Gasteiger partial charge in [0.2, 0.25) is 0 Å². The van der Waals surface area contributed by atoms with E-state index in [1.54, 1.807) is 41.4 Å². The quantitative estimate of drug-likeness (QED) is 0.205. The van der Waals surface area contributed by atoms with Crippen molar-refractivity contribution in [2.75, 3.05) is 4.90 Å². The Morgan fingerprint density at radius 2 is 1.91 bits per heavy atom. The van der Waals surface area contributed by atoms with Gasteiger partial charge in [-0.2, -0.15) is 0 Å². The smallest absolute Gasteiger partial charge is 0.269 e. The fourth-order valence-corrected chi connectivity index (χ4v) is 4.51. The van der Waals surface area contributed by atoms with Crippen molar-refractivity contribution in [1.29, 1.82) is 0 Å². The van der Waals surface area contributed by atoms with Crippen LogP contribution in [0.4, 0.5) is 11.4 Å². The van der Waals surface area contributed by atoms with Crippen LogP contribution in [0.1, 0.15) is 23.5 Å². The molecule has 2 aromatic carbocycles. The van der Waals surface area contributed by atoms with E-state index in [2.05, 4.69) is 10.3 Å². The van der Waals surface area contributed by atoms with E-state index in [1.807, 2.05) is 24.3 Å². The minimum Gasteiger partial charge on any atom is -0.506 e. The molecule has 1 saturated heterocycles. The van der Waals surface area contributed by atoms with Crippen molar-refractivity contribution >= 4 is 40.3 Å². The van der Waals surface area contributed by atoms with Gasteiger partial charge in [0.15, 0.2) is 5.11 Å². The summed E-state index contributed by atoms with van der Waals surface area (Å²) in [5.41, 5.74) is 1.87. The van der Waals surface area contributed by atoms with E-state index in [0.717, 1.165) is 5.69 Å². The Kier molecular flexibility index (Phi) is 5.64. The van der Waals surface area contributed by atoms with Gasteiger partial charge in [-0.05, 0) is 66.8 Å². The van der Waals surface area contributed by atoms with Crippen LogP contribution in [0.5, 0.6) is 5.75 Å². The number of furan rings is 1. The summed E-state index contributed by atoms with van der Waals surface area (Å²) < 4.78 is 6.22. The first-order valence-corrected chi connectivity index (χ1v) is 11.0. The van der Waals surface area contributed by atoms with Crippen molar-refractivity contribution in [2.45, 2.75) is 12.1 Å². The van der Waals surface area contributed by atoms with Gasteiger partial charge in [0.1, 0.15) is 23.3 Å². The normalized spacial score (nSPS) is 17.6. The number of halogens is 1. The van der Waals surface area contributed by atoms with Crippen LogP contribution in [0.15, 0.2) is 83.4 Å². The molecule has 1 fully saturated rings. The van der Waals surface area contributed by atoms with E-state index in [4.69, 9.17) is 28.2 Å². The number of pyridine rings is 1. The van der Waals surface area contributed by atoms with Gasteiger partial charge in [-0.1, -0.05) is 17.7 Å². The van der Waals surface area contributed by atoms with E-state index < -0.39 is 11.0 Å². The molecule has 2 atom stereocenters. The number of nitrogens with zero attached hydrogens (tertiary/aromatic N) is 3. The molecule has 0 amide bonds. The van der Waals surface area contributed by atoms with Crippen molar-refractivity contribution in [3.05, 3.63) is 106 Å². The number of phenolic OH excluding ortho intramolecular Hbond substituents is 1. The van der Waals surface area contributed by atoms with Crippen LogP contribution in [-0.2, 0) is 0 Å². The van der Waals surface area contributed by atoms with Crippen LogP contribution in [0.2, 0.25) is 5.02 Å². The zero-order chi connectivity index (χ0) is 23.8. The lowest BCUT2D eigenvalue weighted by Crippen LogP contribution is -2.29. The molecule has 1 aliphatic rings. The van der Waals surface area contributed by atoms with E-state index in [0.29, 0.717) is 32.9 Å². The number of benzene rings is 2. The van der Waals surface area contributed by atoms with Gasteiger partial charge in [0.05, 0.1) is 22.3 Å². The number of anilines is 1. The predicted octanol–water partition coefficient (Wildman–Crippen LogP) is 5.79. The highest BCUT2D eigenvalue weighted by Crippen LogP contribution is 2.45. The minimum atomic E-state index is -0.487. The molecular weight excluding hydrogens is 476 g/mol. The Labute approximate surface area is 204 Å². The van der Waals surface area contributed by atoms with Crippen LogP contribution in [0, 0.1) is 10.1 Å². The molecule has 34 heavy (non-hydrogen) atoms. The average Bonchev–Trinajstić information content (AvgIpc) is 3.46. The standard InChI is InChI=1S/C24H17ClN4O4S/c25-15-6-9-19(30)18(13-15)28-23(22(27-24(28)34)17-3-1-2-12-26-17)21-11-10-20(33-21)14-4-7-16(8-5-14)29(31)32/h1-13,22-23,30H,(H,27,34)/t22-,23-/m0/s1. The number of aromatic hydroxyl groups is 1. The molecule has 0 bridgehead atoms. The maximum Gasteiger partial charge on any atom is 0.269 e. The Hall–Kier alpha value is -3.95. The number of hydrogen-bond donors (Lipinski definition) is 2. The number of nitro groups is 1. The number of nitrogens with one attached hydrogen (secondary N) is 1. The number of non-ortho nitro benzene ring substituents is 1. The Balaban J connectivity index is 1.59. The molecule has 1 aliphatic heterocycles. The summed E-state index contributed by atoms with van der Waals surface area (Å²) in [7, 11) is 0. The summed E-state index contributed by atoms with van der Waals surface area (Å²) in [6, 6.07) is 19.2. The van der Waals surface area contributed by atoms with Gasteiger partial charge in [0.25, 0.3) is 5.69 Å². The van der Waals surface area contributed by atoms with E-state index >= 15 is 0 Å². The summed E-state index contributed by atoms with van der Waals surface area (Å²) in [6.07, 6.45) is 1.70. The van der Waals surface area contributed by atoms with Crippen LogP contribution < -0.4 is 10.2 Å². The molecule has 5 rings (SSSR count). The zero-order valence-electron chi connectivity index (χ0n) is 17.5. The highest BCUT2D eigenvalue weighted by Gasteiger charge is 2.43. The highest BCUT2D eigenvalue weighted by atomic mass is 35.5. The predicted molar refractivity (Wildman–Crippen MR) is 132 cm³/mol. The molecule has 0 unspecified atom stereocenters. The lowest BCUT2D eigenvalue weighted by Gasteiger charge is -2.26. The molecule has 0 aliphatic carbocycles. The first-order valence-electron chi connectivity index (χ1n) is 10.3. The molecule has 8 nitrogen and oxygen atoms in total. The number of phenols is 1. The summed E-state index contributed by atoms with van der Waals surface area (Å²) in [4.78, 5) is 16.8. The Morgan fingerprint density at radius 1 is 1.12 bits per heavy atom. The molecule has 170 valence electrons. The van der Waals surface area contributed by atoms with Gasteiger partial charge < -0.3 is 19.7 Å². The number of rotatable bonds is 5. The Morgan fingerprint density at radius 3 is 2.62 bits per heavy atom. The molecule has 0 spiro atoms. The summed E-state index contributed by atoms with van der Waals surface area (Å²) in [6.45, 7) is 0. The third kappa shape index (κ3) is 3.95. The lowest BCUT2D eigenvalue weighted by atomic mass is 10.0. The van der Waals surface area contributed by atoms with Gasteiger partial charge in [0, 0.05) is 28.9 Å². The topological polar surface area (TPSA) is 105 Å². The number of hydrogen-bond acceptors (Lipinski definition) is 6. The van der Waals surface area contributed by atoms with Crippen molar-refractivity contribution < 1.29 is 14.4 Å². The second kappa shape index (κ2) is 8.77. The van der Waals surface area contributed by atoms with E-state index in [9.17, 15) is 15.2 Å². The van der Waals surface area contributed by atoms with Crippen LogP contribution in [0.25, 0.3) is 11.3 Å². The number of nitro benzene ring substituents is 1. The summed E-state index contributed by atoms with van der Waals surface area (Å²) >= 11 is 11.9. The summed E-state index contributed by atoms with van der Waals surface area (Å²) in [5, 5.41) is 25.7. The van der Waals surface area contributed by atoms with Gasteiger partial charge in [-0.25, -0.2) is 0 Å². The van der Waals surface area contributed by atoms with E-state index in [1.165, 1.54) is 18.2 Å². The first-order chi connectivity index (χ1) is 16.4. The van der Waals surface area contributed by atoms with Gasteiger partial charge >= 0.3 is 0 Å². The first kappa shape index (κ1) is 21.9. The second-order valence-corrected chi connectivity index (χ2v) is 8.46. The maximum absolute atomic E-state index is 11.0. The van der Waals surface area contributed by atoms with Crippen molar-refractivity contribution in [2.24, 2.45) is 0 Å². The lowest BCUT2D eigenvalue weighted by molar-refractivity contribution is -0.384. The maximum atomic E-state index is 11.0. The van der Waals surface area contributed by atoms with Crippen LogP contribution in [-0.4, -0.2) is 20.1 Å². The molecular formula is C24H17ClN4O4S. The van der Waals surface area contributed by atoms with Gasteiger partial charge in [-0.3, -0.25) is 15.1 Å². The van der Waals surface area contributed by atoms with Crippen molar-refractivity contribution in [3.63, 3.8) is 0 Å². The fourth-order valence-electron chi connectivity index (χ4n) is 4.01. The molecule has 0 saturated carbocycles. The fraction of sp³-hybridized carbons (Fsp3) is 0.0833. The second-order valence-electron chi connectivity index (χ2n) is 7.64. The molecule has 2 N–H and O–H groups in total. The SMILES string of the molecule is O=[N+]([O-])c1ccc(-c2ccc([C@H]3[C@H](c4ccccn4)NC(=S)N3c3cc(Cl)ccc3O)o2)cc1. The molecule has 10 heteroatoms. The molecule has 2 aromatic heterocycles. The Bertz CT molecular complexity index is 1380. The average molecular weight is 493 g/mol. The van der Waals surface area contributed by atoms with Crippen molar-refractivity contribution in [1.82, 2.24) is 10.3 Å². The molecule has 3 heterocycles. The molecule has 0 radical (unpaired) electrons. The third-order valence-electron chi connectivity index (χ3n) is 5.58. The third-order valence-corrected chi connectivity index (χ3v) is 6.13. The van der Waals surface area contributed by atoms with E-state index in [-0.39, 0.29) is 17.5 Å². The highest BCUT2D eigenvalue weighted by molar-refractivity contribution is 7.80. The van der Waals surface area contributed by atoms with Crippen molar-refractivity contribution in [3.8, 4) is 17.1 Å². The monoisotopic (exact) mass is 492 g/mol. The molecule has 4 aromatic rings. The number of thiocarbonyl (C=S) groups is 1. The summed E-state index contributed by atoms with van der Waals surface area (Å²) in [5.74, 6) is 1.12.